The predicted molar refractivity (Wildman–Crippen MR) is 102 cm³/mol. The van der Waals surface area contributed by atoms with Gasteiger partial charge in [0.1, 0.15) is 17.3 Å². The van der Waals surface area contributed by atoms with Crippen molar-refractivity contribution in [2.24, 2.45) is 10.1 Å². The minimum Gasteiger partial charge on any atom is -0.463 e. The number of hydrogen-bond donors (Lipinski definition) is 0. The number of halogens is 2. The van der Waals surface area contributed by atoms with Gasteiger partial charge in [-0.05, 0) is 37.1 Å². The average Bonchev–Trinajstić information content (AvgIpc) is 3.32. The van der Waals surface area contributed by atoms with Crippen molar-refractivity contribution < 1.29 is 13.2 Å². The molecule has 1 aromatic carbocycles. The maximum atomic E-state index is 13.9. The lowest BCUT2D eigenvalue weighted by molar-refractivity contribution is 0.435. The summed E-state index contributed by atoms with van der Waals surface area (Å²) in [6, 6.07) is 7.62. The maximum absolute atomic E-state index is 13.9. The minimum absolute atomic E-state index is 0.176. The second-order valence-electron chi connectivity index (χ2n) is 6.49. The molecule has 7 heteroatoms. The number of thiazole rings is 1. The zero-order valence-electron chi connectivity index (χ0n) is 14.6. The fourth-order valence-electron chi connectivity index (χ4n) is 3.21. The quantitative estimate of drug-likeness (QED) is 0.567. The molecule has 0 amide bonds. The van der Waals surface area contributed by atoms with Crippen LogP contribution in [-0.2, 0) is 0 Å². The predicted octanol–water partition coefficient (Wildman–Crippen LogP) is 5.20. The third-order valence-electron chi connectivity index (χ3n) is 4.63. The molecule has 3 aromatic rings. The Morgan fingerprint density at radius 1 is 1.07 bits per heavy atom. The molecule has 0 atom stereocenters. The van der Waals surface area contributed by atoms with Crippen LogP contribution in [0.1, 0.15) is 37.7 Å². The molecule has 0 spiro atoms. The second kappa shape index (κ2) is 8.00. The summed E-state index contributed by atoms with van der Waals surface area (Å²) in [5.74, 6) is -0.678. The van der Waals surface area contributed by atoms with E-state index in [1.165, 1.54) is 55.0 Å². The molecular weight excluding hydrogens is 368 g/mol. The zero-order chi connectivity index (χ0) is 18.6. The van der Waals surface area contributed by atoms with Crippen molar-refractivity contribution in [2.75, 3.05) is 0 Å². The SMILES string of the molecule is Fc1cccc(F)c1C=Nn1c(-c2ccco2)csc1=NC1CCCCC1. The first-order chi connectivity index (χ1) is 13.2. The fraction of sp³-hybridized carbons (Fsp3) is 0.300. The molecule has 4 rings (SSSR count). The van der Waals surface area contributed by atoms with E-state index in [-0.39, 0.29) is 11.6 Å². The highest BCUT2D eigenvalue weighted by Gasteiger charge is 2.15. The molecule has 2 aromatic heterocycles. The second-order valence-corrected chi connectivity index (χ2v) is 7.33. The van der Waals surface area contributed by atoms with Crippen LogP contribution in [0.15, 0.2) is 56.5 Å². The van der Waals surface area contributed by atoms with Gasteiger partial charge in [0.15, 0.2) is 5.76 Å². The van der Waals surface area contributed by atoms with E-state index in [9.17, 15) is 8.78 Å². The molecule has 0 radical (unpaired) electrons. The first-order valence-corrected chi connectivity index (χ1v) is 9.87. The van der Waals surface area contributed by atoms with Crippen LogP contribution >= 0.6 is 11.3 Å². The summed E-state index contributed by atoms with van der Waals surface area (Å²) in [6.07, 6.45) is 8.49. The van der Waals surface area contributed by atoms with Gasteiger partial charge in [-0.1, -0.05) is 25.3 Å². The van der Waals surface area contributed by atoms with Crippen molar-refractivity contribution in [2.45, 2.75) is 38.1 Å². The van der Waals surface area contributed by atoms with E-state index in [0.29, 0.717) is 16.3 Å². The van der Waals surface area contributed by atoms with Crippen LogP contribution in [0.3, 0.4) is 0 Å². The van der Waals surface area contributed by atoms with Crippen molar-refractivity contribution >= 4 is 17.6 Å². The van der Waals surface area contributed by atoms with Gasteiger partial charge in [-0.3, -0.25) is 4.99 Å². The van der Waals surface area contributed by atoms with Crippen LogP contribution in [0.25, 0.3) is 11.5 Å². The van der Waals surface area contributed by atoms with Crippen LogP contribution in [0, 0.1) is 11.6 Å². The van der Waals surface area contributed by atoms with Crippen molar-refractivity contribution in [3.8, 4) is 11.5 Å². The summed E-state index contributed by atoms with van der Waals surface area (Å²) in [5.41, 5.74) is 0.526. The van der Waals surface area contributed by atoms with E-state index in [0.717, 1.165) is 12.8 Å². The highest BCUT2D eigenvalue weighted by atomic mass is 32.1. The summed E-state index contributed by atoms with van der Waals surface area (Å²) >= 11 is 1.45. The monoisotopic (exact) mass is 387 g/mol. The topological polar surface area (TPSA) is 42.8 Å². The van der Waals surface area contributed by atoms with Crippen LogP contribution in [0.5, 0.6) is 0 Å². The Hall–Kier alpha value is -2.54. The number of hydrogen-bond acceptors (Lipinski definition) is 4. The molecular formula is C20H19F2N3OS. The van der Waals surface area contributed by atoms with E-state index >= 15 is 0 Å². The summed E-state index contributed by atoms with van der Waals surface area (Å²) in [6.45, 7) is 0. The van der Waals surface area contributed by atoms with Crippen LogP contribution < -0.4 is 4.80 Å². The average molecular weight is 387 g/mol. The Morgan fingerprint density at radius 3 is 2.56 bits per heavy atom. The summed E-state index contributed by atoms with van der Waals surface area (Å²) in [5, 5.41) is 6.25. The van der Waals surface area contributed by atoms with Crippen LogP contribution in [0.2, 0.25) is 0 Å². The van der Waals surface area contributed by atoms with Gasteiger partial charge in [-0.25, -0.2) is 13.5 Å². The Balaban J connectivity index is 1.78. The van der Waals surface area contributed by atoms with Crippen molar-refractivity contribution in [1.29, 1.82) is 0 Å². The molecule has 2 heterocycles. The molecule has 0 aliphatic heterocycles. The van der Waals surface area contributed by atoms with Crippen molar-refractivity contribution in [3.05, 3.63) is 64.0 Å². The lowest BCUT2D eigenvalue weighted by Gasteiger charge is -2.16. The standard InChI is InChI=1S/C20H19F2N3OS/c21-16-8-4-9-17(22)15(16)12-23-25-18(19-10-5-11-26-19)13-27-20(25)24-14-6-2-1-3-7-14/h4-5,8-14H,1-3,6-7H2. The molecule has 1 fully saturated rings. The molecule has 1 saturated carbocycles. The molecule has 0 saturated heterocycles. The van der Waals surface area contributed by atoms with Crippen LogP contribution in [0.4, 0.5) is 8.78 Å². The number of nitrogens with zero attached hydrogens (tertiary/aromatic N) is 3. The third-order valence-corrected chi connectivity index (χ3v) is 5.46. The lowest BCUT2D eigenvalue weighted by Crippen LogP contribution is -2.19. The van der Waals surface area contributed by atoms with Crippen LogP contribution in [-0.4, -0.2) is 16.9 Å². The zero-order valence-corrected chi connectivity index (χ0v) is 15.5. The van der Waals surface area contributed by atoms with Gasteiger partial charge in [0.05, 0.1) is 24.1 Å². The molecule has 0 N–H and O–H groups in total. The van der Waals surface area contributed by atoms with Crippen molar-refractivity contribution in [1.82, 2.24) is 4.68 Å². The van der Waals surface area contributed by atoms with Crippen molar-refractivity contribution in [3.63, 3.8) is 0 Å². The fourth-order valence-corrected chi connectivity index (χ4v) is 4.10. The first kappa shape index (κ1) is 17.9. The minimum atomic E-state index is -0.653. The smallest absolute Gasteiger partial charge is 0.206 e. The van der Waals surface area contributed by atoms with E-state index in [4.69, 9.17) is 9.41 Å². The van der Waals surface area contributed by atoms with Gasteiger partial charge < -0.3 is 4.42 Å². The molecule has 4 nitrogen and oxygen atoms in total. The summed E-state index contributed by atoms with van der Waals surface area (Å²) in [7, 11) is 0. The number of benzene rings is 1. The largest absolute Gasteiger partial charge is 0.463 e. The number of furan rings is 1. The van der Waals surface area contributed by atoms with E-state index in [1.807, 2.05) is 11.4 Å². The Kier molecular flexibility index (Phi) is 5.29. The normalized spacial score (nSPS) is 16.4. The molecule has 140 valence electrons. The van der Waals surface area contributed by atoms with Gasteiger partial charge in [-0.2, -0.15) is 5.10 Å². The van der Waals surface area contributed by atoms with Gasteiger partial charge in [0.25, 0.3) is 0 Å². The molecule has 0 unspecified atom stereocenters. The highest BCUT2D eigenvalue weighted by Crippen LogP contribution is 2.23. The molecule has 0 bridgehead atoms. The van der Waals surface area contributed by atoms with E-state index in [1.54, 1.807) is 17.0 Å². The maximum Gasteiger partial charge on any atom is 0.206 e. The van der Waals surface area contributed by atoms with Gasteiger partial charge in [-0.15, -0.1) is 11.3 Å². The van der Waals surface area contributed by atoms with E-state index in [2.05, 4.69) is 5.10 Å². The molecule has 1 aliphatic rings. The molecule has 27 heavy (non-hydrogen) atoms. The van der Waals surface area contributed by atoms with Gasteiger partial charge >= 0.3 is 0 Å². The lowest BCUT2D eigenvalue weighted by atomic mass is 9.96. The Bertz CT molecular complexity index is 978. The third kappa shape index (κ3) is 3.93. The van der Waals surface area contributed by atoms with Gasteiger partial charge in [0, 0.05) is 5.38 Å². The van der Waals surface area contributed by atoms with E-state index < -0.39 is 11.6 Å². The summed E-state index contributed by atoms with van der Waals surface area (Å²) < 4.78 is 35.0. The Labute approximate surface area is 159 Å². The number of aromatic nitrogens is 1. The highest BCUT2D eigenvalue weighted by molar-refractivity contribution is 7.07. The van der Waals surface area contributed by atoms with Gasteiger partial charge in [0.2, 0.25) is 4.80 Å². The first-order valence-electron chi connectivity index (χ1n) is 8.99. The Morgan fingerprint density at radius 2 is 1.85 bits per heavy atom. The molecule has 1 aliphatic carbocycles. The number of rotatable bonds is 4. The summed E-state index contributed by atoms with van der Waals surface area (Å²) in [4.78, 5) is 5.54.